The number of non-ortho nitro benzene ring substituents is 1. The average Bonchev–Trinajstić information content (AvgIpc) is 2.59. The Morgan fingerprint density at radius 1 is 1.08 bits per heavy atom. The largest absolute Gasteiger partial charge is 0.484 e. The minimum absolute atomic E-state index is 0.0952. The van der Waals surface area contributed by atoms with Crippen molar-refractivity contribution in [1.82, 2.24) is 0 Å². The summed E-state index contributed by atoms with van der Waals surface area (Å²) in [5.41, 5.74) is -0.237. The first kappa shape index (κ1) is 19.0. The van der Waals surface area contributed by atoms with Crippen molar-refractivity contribution in [3.63, 3.8) is 0 Å². The topological polar surface area (TPSA) is 87.9 Å². The van der Waals surface area contributed by atoms with Crippen LogP contribution in [0.5, 0.6) is 17.2 Å². The molecule has 0 heterocycles. The van der Waals surface area contributed by atoms with Gasteiger partial charge >= 0.3 is 12.1 Å². The van der Waals surface area contributed by atoms with E-state index in [0.717, 1.165) is 18.2 Å². The second-order valence-electron chi connectivity index (χ2n) is 4.94. The molecule has 0 N–H and O–H groups in total. The van der Waals surface area contributed by atoms with Gasteiger partial charge in [0.15, 0.2) is 6.61 Å². The van der Waals surface area contributed by atoms with Gasteiger partial charge in [0, 0.05) is 6.07 Å². The molecule has 0 aliphatic carbocycles. The number of alkyl halides is 3. The Morgan fingerprint density at radius 2 is 1.69 bits per heavy atom. The molecule has 10 heteroatoms. The third-order valence-electron chi connectivity index (χ3n) is 2.99. The monoisotopic (exact) mass is 371 g/mol. The highest BCUT2D eigenvalue weighted by molar-refractivity contribution is 5.89. The number of ether oxygens (including phenoxy) is 3. The van der Waals surface area contributed by atoms with Crippen molar-refractivity contribution in [1.29, 1.82) is 0 Å². The van der Waals surface area contributed by atoms with Crippen LogP contribution in [0.1, 0.15) is 10.4 Å². The molecule has 0 atom stereocenters. The van der Waals surface area contributed by atoms with E-state index in [9.17, 15) is 28.1 Å². The molecule has 0 bridgehead atoms. The Kier molecular flexibility index (Phi) is 5.65. The van der Waals surface area contributed by atoms with Gasteiger partial charge in [0.05, 0.1) is 29.7 Å². The Balaban J connectivity index is 2.23. The fourth-order valence-corrected chi connectivity index (χ4v) is 1.88. The highest BCUT2D eigenvalue weighted by atomic mass is 19.4. The highest BCUT2D eigenvalue weighted by Crippen LogP contribution is 2.32. The molecule has 138 valence electrons. The fourth-order valence-electron chi connectivity index (χ4n) is 1.88. The van der Waals surface area contributed by atoms with Gasteiger partial charge < -0.3 is 14.2 Å². The number of nitro benzene ring substituents is 1. The molecule has 2 aromatic carbocycles. The van der Waals surface area contributed by atoms with E-state index in [4.69, 9.17) is 4.74 Å². The van der Waals surface area contributed by atoms with Crippen molar-refractivity contribution in [2.75, 3.05) is 13.7 Å². The van der Waals surface area contributed by atoms with Gasteiger partial charge in [-0.1, -0.05) is 0 Å². The Labute approximate surface area is 145 Å². The van der Waals surface area contributed by atoms with Crippen LogP contribution in [0.3, 0.4) is 0 Å². The third kappa shape index (κ3) is 5.36. The number of carbonyl (C=O) groups is 1. The summed E-state index contributed by atoms with van der Waals surface area (Å²) in [5, 5.41) is 10.9. The lowest BCUT2D eigenvalue weighted by molar-refractivity contribution is -0.385. The van der Waals surface area contributed by atoms with Crippen LogP contribution in [-0.4, -0.2) is 30.8 Å². The zero-order valence-corrected chi connectivity index (χ0v) is 13.3. The maximum Gasteiger partial charge on any atom is 0.422 e. The van der Waals surface area contributed by atoms with E-state index in [2.05, 4.69) is 9.47 Å². The van der Waals surface area contributed by atoms with Crippen molar-refractivity contribution in [2.24, 2.45) is 0 Å². The summed E-state index contributed by atoms with van der Waals surface area (Å²) in [7, 11) is 1.22. The van der Waals surface area contributed by atoms with Crippen LogP contribution >= 0.6 is 0 Å². The van der Waals surface area contributed by atoms with Crippen LogP contribution < -0.4 is 9.47 Å². The quantitative estimate of drug-likeness (QED) is 0.431. The molecule has 7 nitrogen and oxygen atoms in total. The number of carbonyl (C=O) groups excluding carboxylic acids is 1. The molecule has 0 amide bonds. The first-order valence-corrected chi connectivity index (χ1v) is 7.03. The summed E-state index contributed by atoms with van der Waals surface area (Å²) in [4.78, 5) is 21.5. The smallest absolute Gasteiger partial charge is 0.422 e. The number of hydrogen-bond acceptors (Lipinski definition) is 6. The number of methoxy groups -OCH3 is 1. The average molecular weight is 371 g/mol. The number of rotatable bonds is 6. The lowest BCUT2D eigenvalue weighted by Gasteiger charge is -2.11. The molecule has 0 aliphatic heterocycles. The summed E-state index contributed by atoms with van der Waals surface area (Å²) >= 11 is 0. The number of nitro groups is 1. The molecule has 0 saturated heterocycles. The summed E-state index contributed by atoms with van der Waals surface area (Å²) in [6, 6.07) is 8.60. The lowest BCUT2D eigenvalue weighted by Crippen LogP contribution is -2.19. The van der Waals surface area contributed by atoms with E-state index in [-0.39, 0.29) is 22.8 Å². The fraction of sp³-hybridized carbons (Fsp3) is 0.188. The molecule has 0 aromatic heterocycles. The molecule has 2 rings (SSSR count). The van der Waals surface area contributed by atoms with Crippen molar-refractivity contribution < 1.29 is 37.1 Å². The predicted octanol–water partition coefficient (Wildman–Crippen LogP) is 4.11. The van der Waals surface area contributed by atoms with Gasteiger partial charge in [-0.15, -0.1) is 0 Å². The molecular weight excluding hydrogens is 359 g/mol. The normalized spacial score (nSPS) is 10.9. The summed E-state index contributed by atoms with van der Waals surface area (Å²) in [5.74, 6) is -0.811. The van der Waals surface area contributed by atoms with Crippen molar-refractivity contribution in [2.45, 2.75) is 6.18 Å². The van der Waals surface area contributed by atoms with Crippen molar-refractivity contribution >= 4 is 11.7 Å². The third-order valence-corrected chi connectivity index (χ3v) is 2.99. The van der Waals surface area contributed by atoms with Crippen LogP contribution in [0, 0.1) is 10.1 Å². The number of hydrogen-bond donors (Lipinski definition) is 0. The second-order valence-corrected chi connectivity index (χ2v) is 4.94. The summed E-state index contributed by atoms with van der Waals surface area (Å²) in [6.07, 6.45) is -4.59. The molecule has 0 fully saturated rings. The predicted molar refractivity (Wildman–Crippen MR) is 82.5 cm³/mol. The van der Waals surface area contributed by atoms with Crippen molar-refractivity contribution in [3.05, 3.63) is 58.1 Å². The standard InChI is InChI=1S/C16H12F3NO6/c1-24-15(21)10-2-4-12(5-3-10)26-14-7-11(20(22)23)6-13(8-14)25-9-16(17,18)19/h2-8H,9H2,1H3. The first-order chi connectivity index (χ1) is 12.2. The Bertz CT molecular complexity index is 805. The van der Waals surface area contributed by atoms with Crippen LogP contribution in [0.2, 0.25) is 0 Å². The zero-order valence-electron chi connectivity index (χ0n) is 13.3. The summed E-state index contributed by atoms with van der Waals surface area (Å²) < 4.78 is 51.2. The maximum atomic E-state index is 12.3. The summed E-state index contributed by atoms with van der Waals surface area (Å²) in [6.45, 7) is -1.60. The SMILES string of the molecule is COC(=O)c1ccc(Oc2cc(OCC(F)(F)F)cc([N+](=O)[O-])c2)cc1. The van der Waals surface area contributed by atoms with E-state index in [1.807, 2.05) is 0 Å². The molecule has 0 radical (unpaired) electrons. The molecule has 0 aliphatic rings. The molecule has 0 spiro atoms. The van der Waals surface area contributed by atoms with Gasteiger partial charge in [0.1, 0.15) is 17.2 Å². The van der Waals surface area contributed by atoms with Gasteiger partial charge in [-0.2, -0.15) is 13.2 Å². The van der Waals surface area contributed by atoms with Gasteiger partial charge in [0.25, 0.3) is 5.69 Å². The second kappa shape index (κ2) is 7.72. The zero-order chi connectivity index (χ0) is 19.3. The molecule has 26 heavy (non-hydrogen) atoms. The minimum atomic E-state index is -4.59. The van der Waals surface area contributed by atoms with E-state index in [0.29, 0.717) is 0 Å². The van der Waals surface area contributed by atoms with Gasteiger partial charge in [-0.05, 0) is 24.3 Å². The van der Waals surface area contributed by atoms with Gasteiger partial charge in [-0.3, -0.25) is 10.1 Å². The van der Waals surface area contributed by atoms with Crippen LogP contribution in [-0.2, 0) is 4.74 Å². The number of benzene rings is 2. The number of nitrogens with zero attached hydrogens (tertiary/aromatic N) is 1. The van der Waals surface area contributed by atoms with E-state index in [1.165, 1.54) is 31.4 Å². The van der Waals surface area contributed by atoms with Gasteiger partial charge in [-0.25, -0.2) is 4.79 Å². The molecular formula is C16H12F3NO6. The number of halogens is 3. The number of esters is 1. The van der Waals surface area contributed by atoms with Crippen LogP contribution in [0.15, 0.2) is 42.5 Å². The minimum Gasteiger partial charge on any atom is -0.484 e. The van der Waals surface area contributed by atoms with Crippen molar-refractivity contribution in [3.8, 4) is 17.2 Å². The van der Waals surface area contributed by atoms with Gasteiger partial charge in [0.2, 0.25) is 0 Å². The maximum absolute atomic E-state index is 12.3. The molecule has 0 saturated carbocycles. The van der Waals surface area contributed by atoms with E-state index in [1.54, 1.807) is 0 Å². The van der Waals surface area contributed by atoms with E-state index >= 15 is 0 Å². The Morgan fingerprint density at radius 3 is 2.23 bits per heavy atom. The Hall–Kier alpha value is -3.30. The molecule has 2 aromatic rings. The first-order valence-electron chi connectivity index (χ1n) is 7.03. The van der Waals surface area contributed by atoms with Crippen LogP contribution in [0.25, 0.3) is 0 Å². The molecule has 0 unspecified atom stereocenters. The van der Waals surface area contributed by atoms with Crippen LogP contribution in [0.4, 0.5) is 18.9 Å². The highest BCUT2D eigenvalue weighted by Gasteiger charge is 2.29. The lowest BCUT2D eigenvalue weighted by atomic mass is 10.2. The van der Waals surface area contributed by atoms with E-state index < -0.39 is 29.4 Å².